The average molecular weight is 310 g/mol. The van der Waals surface area contributed by atoms with Crippen molar-refractivity contribution in [1.29, 1.82) is 0 Å². The number of amides is 1. The molecule has 120 valence electrons. The van der Waals surface area contributed by atoms with Gasteiger partial charge in [-0.15, -0.1) is 0 Å². The molecule has 4 heteroatoms. The maximum absolute atomic E-state index is 11.8. The van der Waals surface area contributed by atoms with Crippen LogP contribution in [0.5, 0.6) is 0 Å². The number of nitrogens with zero attached hydrogens (tertiary/aromatic N) is 1. The van der Waals surface area contributed by atoms with E-state index in [2.05, 4.69) is 10.3 Å². The van der Waals surface area contributed by atoms with Gasteiger partial charge in [-0.3, -0.25) is 4.79 Å². The monoisotopic (exact) mass is 310 g/mol. The molecule has 1 aliphatic carbocycles. The molecular weight excluding hydrogens is 288 g/mol. The zero-order valence-electron chi connectivity index (χ0n) is 13.6. The zero-order chi connectivity index (χ0) is 16.2. The molecule has 0 unspecified atom stereocenters. The van der Waals surface area contributed by atoms with E-state index >= 15 is 0 Å². The van der Waals surface area contributed by atoms with Gasteiger partial charge in [0.15, 0.2) is 0 Å². The van der Waals surface area contributed by atoms with Crippen LogP contribution in [0.25, 0.3) is 11.5 Å². The Labute approximate surface area is 136 Å². The fourth-order valence-corrected chi connectivity index (χ4v) is 2.48. The molecule has 1 aromatic carbocycles. The molecule has 1 aliphatic rings. The van der Waals surface area contributed by atoms with Crippen LogP contribution in [-0.2, 0) is 11.2 Å². The van der Waals surface area contributed by atoms with Crippen molar-refractivity contribution in [1.82, 2.24) is 10.3 Å². The summed E-state index contributed by atoms with van der Waals surface area (Å²) < 4.78 is 5.52. The summed E-state index contributed by atoms with van der Waals surface area (Å²) in [6.45, 7) is 4.64. The Kier molecular flexibility index (Phi) is 4.60. The van der Waals surface area contributed by atoms with Crippen molar-refractivity contribution < 1.29 is 9.21 Å². The molecule has 2 aromatic rings. The van der Waals surface area contributed by atoms with Crippen molar-refractivity contribution in [2.45, 2.75) is 33.1 Å². The van der Waals surface area contributed by atoms with Gasteiger partial charge in [-0.1, -0.05) is 23.3 Å². The van der Waals surface area contributed by atoms with Crippen LogP contribution >= 0.6 is 0 Å². The largest absolute Gasteiger partial charge is 0.444 e. The van der Waals surface area contributed by atoms with Crippen LogP contribution < -0.4 is 5.32 Å². The van der Waals surface area contributed by atoms with Gasteiger partial charge in [0.05, 0.1) is 5.69 Å². The SMILES string of the molecule is CC(=CC(=O)NCCc1coc(-c2ccc(C)cc2)n1)C1CC1. The predicted octanol–water partition coefficient (Wildman–Crippen LogP) is 3.67. The number of allylic oxidation sites excluding steroid dienone is 1. The van der Waals surface area contributed by atoms with Crippen molar-refractivity contribution in [3.8, 4) is 11.5 Å². The molecule has 1 saturated carbocycles. The Morgan fingerprint density at radius 1 is 1.35 bits per heavy atom. The summed E-state index contributed by atoms with van der Waals surface area (Å²) in [6, 6.07) is 8.07. The molecular formula is C19H22N2O2. The molecule has 1 amide bonds. The van der Waals surface area contributed by atoms with E-state index in [-0.39, 0.29) is 5.91 Å². The summed E-state index contributed by atoms with van der Waals surface area (Å²) in [5, 5.41) is 2.90. The molecule has 4 nitrogen and oxygen atoms in total. The van der Waals surface area contributed by atoms with Gasteiger partial charge in [0.2, 0.25) is 11.8 Å². The van der Waals surface area contributed by atoms with Crippen LogP contribution in [0, 0.1) is 12.8 Å². The van der Waals surface area contributed by atoms with E-state index in [1.54, 1.807) is 12.3 Å². The van der Waals surface area contributed by atoms with Crippen LogP contribution in [0.1, 0.15) is 31.0 Å². The highest BCUT2D eigenvalue weighted by Gasteiger charge is 2.23. The number of oxazole rings is 1. The van der Waals surface area contributed by atoms with E-state index in [1.807, 2.05) is 38.1 Å². The zero-order valence-corrected chi connectivity index (χ0v) is 13.6. The van der Waals surface area contributed by atoms with E-state index in [0.29, 0.717) is 24.8 Å². The topological polar surface area (TPSA) is 55.1 Å². The van der Waals surface area contributed by atoms with Gasteiger partial charge in [0, 0.05) is 24.6 Å². The second-order valence-corrected chi connectivity index (χ2v) is 6.21. The number of carbonyl (C=O) groups is 1. The Morgan fingerprint density at radius 3 is 2.78 bits per heavy atom. The predicted molar refractivity (Wildman–Crippen MR) is 89.9 cm³/mol. The lowest BCUT2D eigenvalue weighted by Crippen LogP contribution is -2.24. The molecule has 1 fully saturated rings. The Balaban J connectivity index is 1.50. The molecule has 1 aromatic heterocycles. The second-order valence-electron chi connectivity index (χ2n) is 6.21. The van der Waals surface area contributed by atoms with E-state index in [4.69, 9.17) is 4.42 Å². The molecule has 3 rings (SSSR count). The third-order valence-corrected chi connectivity index (χ3v) is 4.11. The maximum atomic E-state index is 11.8. The van der Waals surface area contributed by atoms with Crippen molar-refractivity contribution >= 4 is 5.91 Å². The third kappa shape index (κ3) is 4.31. The van der Waals surface area contributed by atoms with Crippen LogP contribution in [0.15, 0.2) is 46.6 Å². The van der Waals surface area contributed by atoms with E-state index < -0.39 is 0 Å². The molecule has 0 radical (unpaired) electrons. The number of carbonyl (C=O) groups excluding carboxylic acids is 1. The van der Waals surface area contributed by atoms with Gasteiger partial charge >= 0.3 is 0 Å². The van der Waals surface area contributed by atoms with Crippen LogP contribution in [-0.4, -0.2) is 17.4 Å². The summed E-state index contributed by atoms with van der Waals surface area (Å²) in [5.74, 6) is 1.24. The molecule has 1 heterocycles. The number of benzene rings is 1. The van der Waals surface area contributed by atoms with Crippen LogP contribution in [0.4, 0.5) is 0 Å². The van der Waals surface area contributed by atoms with E-state index in [9.17, 15) is 4.79 Å². The molecule has 23 heavy (non-hydrogen) atoms. The number of aryl methyl sites for hydroxylation is 1. The summed E-state index contributed by atoms with van der Waals surface area (Å²) >= 11 is 0. The minimum absolute atomic E-state index is 0.0170. The molecule has 0 atom stereocenters. The standard InChI is InChI=1S/C19H22N2O2/c1-13-3-5-16(6-4-13)19-21-17(12-23-19)9-10-20-18(22)11-14(2)15-7-8-15/h3-6,11-12,15H,7-10H2,1-2H3,(H,20,22). The number of hydrogen-bond acceptors (Lipinski definition) is 3. The maximum Gasteiger partial charge on any atom is 0.243 e. The Bertz CT molecular complexity index is 709. The highest BCUT2D eigenvalue weighted by molar-refractivity contribution is 5.88. The highest BCUT2D eigenvalue weighted by atomic mass is 16.3. The first-order chi connectivity index (χ1) is 11.1. The van der Waals surface area contributed by atoms with Gasteiger partial charge in [0.1, 0.15) is 6.26 Å². The lowest BCUT2D eigenvalue weighted by atomic mass is 10.1. The first kappa shape index (κ1) is 15.5. The number of rotatable bonds is 6. The lowest BCUT2D eigenvalue weighted by Gasteiger charge is -2.01. The Hall–Kier alpha value is -2.36. The first-order valence-electron chi connectivity index (χ1n) is 8.09. The fraction of sp³-hybridized carbons (Fsp3) is 0.368. The summed E-state index contributed by atoms with van der Waals surface area (Å²) in [5.41, 5.74) is 4.21. The summed E-state index contributed by atoms with van der Waals surface area (Å²) in [4.78, 5) is 16.3. The van der Waals surface area contributed by atoms with Gasteiger partial charge in [0.25, 0.3) is 0 Å². The van der Waals surface area contributed by atoms with Gasteiger partial charge < -0.3 is 9.73 Å². The van der Waals surface area contributed by atoms with Gasteiger partial charge in [-0.25, -0.2) is 4.98 Å². The number of nitrogens with one attached hydrogen (secondary N) is 1. The number of hydrogen-bond donors (Lipinski definition) is 1. The average Bonchev–Trinajstić information content (AvgIpc) is 3.28. The molecule has 0 aliphatic heterocycles. The minimum atomic E-state index is -0.0170. The van der Waals surface area contributed by atoms with Crippen molar-refractivity contribution in [2.75, 3.05) is 6.54 Å². The van der Waals surface area contributed by atoms with Crippen LogP contribution in [0.2, 0.25) is 0 Å². The van der Waals surface area contributed by atoms with Crippen molar-refractivity contribution in [3.05, 3.63) is 53.4 Å². The fourth-order valence-electron chi connectivity index (χ4n) is 2.48. The minimum Gasteiger partial charge on any atom is -0.444 e. The molecule has 0 spiro atoms. The lowest BCUT2D eigenvalue weighted by molar-refractivity contribution is -0.116. The summed E-state index contributed by atoms with van der Waals surface area (Å²) in [7, 11) is 0. The van der Waals surface area contributed by atoms with Crippen LogP contribution in [0.3, 0.4) is 0 Å². The number of aromatic nitrogens is 1. The molecule has 0 saturated heterocycles. The Morgan fingerprint density at radius 2 is 2.09 bits per heavy atom. The molecule has 0 bridgehead atoms. The van der Waals surface area contributed by atoms with Gasteiger partial charge in [-0.2, -0.15) is 0 Å². The smallest absolute Gasteiger partial charge is 0.243 e. The van der Waals surface area contributed by atoms with E-state index in [1.165, 1.54) is 24.0 Å². The highest BCUT2D eigenvalue weighted by Crippen LogP contribution is 2.35. The third-order valence-electron chi connectivity index (χ3n) is 4.11. The second kappa shape index (κ2) is 6.82. The van der Waals surface area contributed by atoms with Crippen molar-refractivity contribution in [2.24, 2.45) is 5.92 Å². The normalized spacial score (nSPS) is 14.8. The van der Waals surface area contributed by atoms with Crippen molar-refractivity contribution in [3.63, 3.8) is 0 Å². The quantitative estimate of drug-likeness (QED) is 0.828. The van der Waals surface area contributed by atoms with E-state index in [0.717, 1.165) is 11.3 Å². The first-order valence-corrected chi connectivity index (χ1v) is 8.09. The summed E-state index contributed by atoms with van der Waals surface area (Å²) in [6.07, 6.45) is 6.48. The van der Waals surface area contributed by atoms with Gasteiger partial charge in [-0.05, 0) is 44.7 Å². The molecule has 1 N–H and O–H groups in total.